The number of likely N-dealkylation sites (tertiary alicyclic amines) is 1. The molecule has 1 heterocycles. The van der Waals surface area contributed by atoms with Gasteiger partial charge in [0.05, 0.1) is 0 Å². The van der Waals surface area contributed by atoms with Crippen molar-refractivity contribution in [1.82, 2.24) is 4.90 Å². The van der Waals surface area contributed by atoms with E-state index in [1.807, 2.05) is 12.1 Å². The fourth-order valence-electron chi connectivity index (χ4n) is 3.83. The van der Waals surface area contributed by atoms with E-state index in [2.05, 4.69) is 24.0 Å². The van der Waals surface area contributed by atoms with Crippen LogP contribution in [-0.2, 0) is 0 Å². The summed E-state index contributed by atoms with van der Waals surface area (Å²) in [5, 5.41) is 0. The van der Waals surface area contributed by atoms with Crippen molar-refractivity contribution in [2.45, 2.75) is 57.0 Å². The average Bonchev–Trinajstić information content (AvgIpc) is 2.98. The number of anilines is 1. The van der Waals surface area contributed by atoms with Crippen LogP contribution in [0.25, 0.3) is 0 Å². The zero-order valence-corrected chi connectivity index (χ0v) is 11.3. The van der Waals surface area contributed by atoms with Crippen LogP contribution >= 0.6 is 0 Å². The highest BCUT2D eigenvalue weighted by molar-refractivity contribution is 5.40. The maximum atomic E-state index is 5.76. The Balaban J connectivity index is 1.66. The molecular formula is C16H24N2. The van der Waals surface area contributed by atoms with Crippen LogP contribution in [0.2, 0.25) is 0 Å². The van der Waals surface area contributed by atoms with Gasteiger partial charge in [0.2, 0.25) is 0 Å². The summed E-state index contributed by atoms with van der Waals surface area (Å²) in [5.41, 5.74) is 8.12. The summed E-state index contributed by atoms with van der Waals surface area (Å²) in [6.07, 6.45) is 6.85. The fraction of sp³-hybridized carbons (Fsp3) is 0.625. The molecule has 2 heteroatoms. The lowest BCUT2D eigenvalue weighted by Gasteiger charge is -2.28. The van der Waals surface area contributed by atoms with E-state index in [9.17, 15) is 0 Å². The maximum absolute atomic E-state index is 5.76. The van der Waals surface area contributed by atoms with Crippen LogP contribution in [0.5, 0.6) is 0 Å². The number of nitrogens with zero attached hydrogens (tertiary/aromatic N) is 1. The Labute approximate surface area is 110 Å². The molecule has 1 aromatic rings. The third-order valence-electron chi connectivity index (χ3n) is 4.89. The number of rotatable bonds is 2. The third kappa shape index (κ3) is 2.26. The lowest BCUT2D eigenvalue weighted by atomic mass is 9.97. The van der Waals surface area contributed by atoms with Crippen molar-refractivity contribution in [3.8, 4) is 0 Å². The van der Waals surface area contributed by atoms with Gasteiger partial charge in [-0.05, 0) is 69.2 Å². The van der Waals surface area contributed by atoms with Crippen LogP contribution in [0.1, 0.15) is 50.5 Å². The van der Waals surface area contributed by atoms with Gasteiger partial charge in [0.15, 0.2) is 0 Å². The van der Waals surface area contributed by atoms with Gasteiger partial charge in [-0.15, -0.1) is 0 Å². The molecule has 2 nitrogen and oxygen atoms in total. The first kappa shape index (κ1) is 12.0. The Bertz CT molecular complexity index is 398. The van der Waals surface area contributed by atoms with Crippen molar-refractivity contribution in [1.29, 1.82) is 0 Å². The van der Waals surface area contributed by atoms with Crippen LogP contribution in [-0.4, -0.2) is 23.5 Å². The van der Waals surface area contributed by atoms with Gasteiger partial charge in [-0.2, -0.15) is 0 Å². The predicted octanol–water partition coefficient (Wildman–Crippen LogP) is 3.39. The normalized spacial score (nSPS) is 33.1. The second kappa shape index (κ2) is 4.93. The first-order chi connectivity index (χ1) is 8.74. The van der Waals surface area contributed by atoms with E-state index in [1.165, 1.54) is 44.2 Å². The smallest absolute Gasteiger partial charge is 0.0314 e. The van der Waals surface area contributed by atoms with Gasteiger partial charge >= 0.3 is 0 Å². The first-order valence-corrected chi connectivity index (χ1v) is 7.35. The predicted molar refractivity (Wildman–Crippen MR) is 76.6 cm³/mol. The van der Waals surface area contributed by atoms with Crippen LogP contribution in [0.4, 0.5) is 5.69 Å². The number of nitrogens with two attached hydrogens (primary N) is 1. The standard InChI is InChI=1S/C16H24N2/c1-12-3-2-10-18(12)16-9-6-14(11-16)13-4-7-15(17)8-5-13/h4-5,7-8,12,14,16H,2-3,6,9-11,17H2,1H3/t12?,14-,16-/m0/s1. The van der Waals surface area contributed by atoms with Gasteiger partial charge in [-0.1, -0.05) is 12.1 Å². The fourth-order valence-corrected chi connectivity index (χ4v) is 3.83. The summed E-state index contributed by atoms with van der Waals surface area (Å²) in [4.78, 5) is 2.75. The molecule has 2 N–H and O–H groups in total. The van der Waals surface area contributed by atoms with Crippen molar-refractivity contribution >= 4 is 5.69 Å². The molecule has 3 rings (SSSR count). The van der Waals surface area contributed by atoms with Crippen molar-refractivity contribution in [3.05, 3.63) is 29.8 Å². The molecule has 1 saturated heterocycles. The summed E-state index contributed by atoms with van der Waals surface area (Å²) in [5.74, 6) is 0.753. The molecular weight excluding hydrogens is 220 g/mol. The van der Waals surface area contributed by atoms with Gasteiger partial charge in [-0.25, -0.2) is 0 Å². The third-order valence-corrected chi connectivity index (χ3v) is 4.89. The minimum Gasteiger partial charge on any atom is -0.399 e. The number of hydrogen-bond donors (Lipinski definition) is 1. The van der Waals surface area contributed by atoms with Gasteiger partial charge in [-0.3, -0.25) is 4.90 Å². The van der Waals surface area contributed by atoms with Gasteiger partial charge < -0.3 is 5.73 Å². The second-order valence-corrected chi connectivity index (χ2v) is 6.06. The first-order valence-electron chi connectivity index (χ1n) is 7.35. The van der Waals surface area contributed by atoms with Crippen LogP contribution in [0.15, 0.2) is 24.3 Å². The lowest BCUT2D eigenvalue weighted by molar-refractivity contribution is 0.191. The molecule has 0 amide bonds. The van der Waals surface area contributed by atoms with Crippen molar-refractivity contribution in [3.63, 3.8) is 0 Å². The van der Waals surface area contributed by atoms with E-state index in [0.717, 1.165) is 23.7 Å². The zero-order chi connectivity index (χ0) is 12.5. The van der Waals surface area contributed by atoms with Crippen molar-refractivity contribution < 1.29 is 0 Å². The summed E-state index contributed by atoms with van der Waals surface area (Å²) in [7, 11) is 0. The van der Waals surface area contributed by atoms with Gasteiger partial charge in [0.25, 0.3) is 0 Å². The maximum Gasteiger partial charge on any atom is 0.0314 e. The molecule has 2 fully saturated rings. The van der Waals surface area contributed by atoms with Crippen LogP contribution < -0.4 is 5.73 Å². The highest BCUT2D eigenvalue weighted by atomic mass is 15.2. The molecule has 0 aromatic heterocycles. The average molecular weight is 244 g/mol. The summed E-state index contributed by atoms with van der Waals surface area (Å²) < 4.78 is 0. The molecule has 2 aliphatic rings. The Morgan fingerprint density at radius 3 is 2.56 bits per heavy atom. The summed E-state index contributed by atoms with van der Waals surface area (Å²) in [6, 6.07) is 10.2. The number of benzene rings is 1. The van der Waals surface area contributed by atoms with E-state index >= 15 is 0 Å². The Kier molecular flexibility index (Phi) is 3.29. The number of nitrogen functional groups attached to an aromatic ring is 1. The SMILES string of the molecule is CC1CCCN1[C@H]1CC[C@H](c2ccc(N)cc2)C1. The topological polar surface area (TPSA) is 29.3 Å². The Hall–Kier alpha value is -1.02. The molecule has 1 saturated carbocycles. The molecule has 3 atom stereocenters. The highest BCUT2D eigenvalue weighted by Crippen LogP contribution is 2.39. The number of hydrogen-bond acceptors (Lipinski definition) is 2. The molecule has 1 aliphatic carbocycles. The summed E-state index contributed by atoms with van der Waals surface area (Å²) in [6.45, 7) is 3.71. The Morgan fingerprint density at radius 2 is 1.89 bits per heavy atom. The largest absolute Gasteiger partial charge is 0.399 e. The van der Waals surface area contributed by atoms with Gasteiger partial charge in [0.1, 0.15) is 0 Å². The lowest BCUT2D eigenvalue weighted by Crippen LogP contribution is -2.35. The van der Waals surface area contributed by atoms with E-state index in [4.69, 9.17) is 5.73 Å². The van der Waals surface area contributed by atoms with Crippen molar-refractivity contribution in [2.75, 3.05) is 12.3 Å². The molecule has 0 radical (unpaired) electrons. The molecule has 0 bridgehead atoms. The van der Waals surface area contributed by atoms with E-state index < -0.39 is 0 Å². The summed E-state index contributed by atoms with van der Waals surface area (Å²) >= 11 is 0. The quantitative estimate of drug-likeness (QED) is 0.808. The molecule has 1 aromatic carbocycles. The van der Waals surface area contributed by atoms with Crippen molar-refractivity contribution in [2.24, 2.45) is 0 Å². The molecule has 0 spiro atoms. The van der Waals surface area contributed by atoms with E-state index in [1.54, 1.807) is 0 Å². The van der Waals surface area contributed by atoms with Crippen LogP contribution in [0, 0.1) is 0 Å². The highest BCUT2D eigenvalue weighted by Gasteiger charge is 2.34. The monoisotopic (exact) mass is 244 g/mol. The van der Waals surface area contributed by atoms with Crippen LogP contribution in [0.3, 0.4) is 0 Å². The minimum atomic E-state index is 0.753. The minimum absolute atomic E-state index is 0.753. The Morgan fingerprint density at radius 1 is 1.11 bits per heavy atom. The zero-order valence-electron chi connectivity index (χ0n) is 11.3. The van der Waals surface area contributed by atoms with E-state index in [0.29, 0.717) is 0 Å². The molecule has 1 aliphatic heterocycles. The molecule has 98 valence electrons. The van der Waals surface area contributed by atoms with E-state index in [-0.39, 0.29) is 0 Å². The second-order valence-electron chi connectivity index (χ2n) is 6.06. The molecule has 1 unspecified atom stereocenters. The van der Waals surface area contributed by atoms with Gasteiger partial charge in [0, 0.05) is 17.8 Å². The molecule has 18 heavy (non-hydrogen) atoms.